The van der Waals surface area contributed by atoms with Gasteiger partial charge in [0.25, 0.3) is 0 Å². The van der Waals surface area contributed by atoms with E-state index in [0.29, 0.717) is 13.0 Å². The molecule has 2 nitrogen and oxygen atoms in total. The van der Waals surface area contributed by atoms with Gasteiger partial charge in [0, 0.05) is 11.6 Å². The molecule has 1 aromatic carbocycles. The van der Waals surface area contributed by atoms with E-state index in [4.69, 9.17) is 11.5 Å². The van der Waals surface area contributed by atoms with Crippen LogP contribution in [0.2, 0.25) is 0 Å². The van der Waals surface area contributed by atoms with Crippen LogP contribution < -0.4 is 11.5 Å². The average molecular weight is 251 g/mol. The monoisotopic (exact) mass is 250 g/mol. The lowest BCUT2D eigenvalue weighted by Crippen LogP contribution is -2.14. The minimum atomic E-state index is -0.585. The van der Waals surface area contributed by atoms with Crippen LogP contribution >= 0.6 is 12.4 Å². The van der Waals surface area contributed by atoms with Crippen molar-refractivity contribution in [2.24, 2.45) is 11.5 Å². The van der Waals surface area contributed by atoms with Crippen LogP contribution in [0.3, 0.4) is 0 Å². The molecule has 1 rings (SSSR count). The molecule has 1 atom stereocenters. The lowest BCUT2D eigenvalue weighted by atomic mass is 10.0. The predicted molar refractivity (Wildman–Crippen MR) is 63.4 cm³/mol. The van der Waals surface area contributed by atoms with Crippen LogP contribution in [0.4, 0.5) is 8.78 Å². The van der Waals surface area contributed by atoms with Gasteiger partial charge in [-0.1, -0.05) is 12.5 Å². The van der Waals surface area contributed by atoms with Gasteiger partial charge < -0.3 is 11.5 Å². The molecule has 0 aliphatic heterocycles. The molecule has 0 aliphatic carbocycles. The Morgan fingerprint density at radius 3 is 2.19 bits per heavy atom. The number of unbranched alkanes of at least 4 members (excludes halogenated alkanes) is 1. The summed E-state index contributed by atoms with van der Waals surface area (Å²) in [4.78, 5) is 0. The molecule has 4 N–H and O–H groups in total. The van der Waals surface area contributed by atoms with E-state index in [2.05, 4.69) is 0 Å². The summed E-state index contributed by atoms with van der Waals surface area (Å²) < 4.78 is 26.5. The zero-order chi connectivity index (χ0) is 11.3. The Balaban J connectivity index is 0.00000225. The van der Waals surface area contributed by atoms with Gasteiger partial charge in [0.15, 0.2) is 0 Å². The highest BCUT2D eigenvalue weighted by Crippen LogP contribution is 2.22. The highest BCUT2D eigenvalue weighted by atomic mass is 35.5. The zero-order valence-electron chi connectivity index (χ0n) is 8.96. The van der Waals surface area contributed by atoms with Crippen LogP contribution in [-0.4, -0.2) is 6.54 Å². The Bertz CT molecular complexity index is 301. The fraction of sp³-hybridized carbons (Fsp3) is 0.455. The molecule has 0 fully saturated rings. The lowest BCUT2D eigenvalue weighted by molar-refractivity contribution is 0.500. The number of benzene rings is 1. The van der Waals surface area contributed by atoms with Gasteiger partial charge in [0.2, 0.25) is 0 Å². The van der Waals surface area contributed by atoms with E-state index in [1.807, 2.05) is 0 Å². The number of nitrogens with two attached hydrogens (primary N) is 2. The zero-order valence-corrected chi connectivity index (χ0v) is 9.77. The first kappa shape index (κ1) is 15.3. The van der Waals surface area contributed by atoms with E-state index in [-0.39, 0.29) is 18.0 Å². The van der Waals surface area contributed by atoms with Crippen molar-refractivity contribution in [3.05, 3.63) is 35.4 Å². The summed E-state index contributed by atoms with van der Waals surface area (Å²) in [7, 11) is 0. The van der Waals surface area contributed by atoms with Crippen molar-refractivity contribution in [3.8, 4) is 0 Å². The maximum atomic E-state index is 13.3. The summed E-state index contributed by atoms with van der Waals surface area (Å²) in [5, 5.41) is 0. The van der Waals surface area contributed by atoms with E-state index < -0.39 is 17.7 Å². The molecule has 0 spiro atoms. The summed E-state index contributed by atoms with van der Waals surface area (Å²) >= 11 is 0. The number of hydrogen-bond donors (Lipinski definition) is 2. The molecule has 0 aliphatic rings. The molecule has 0 aromatic heterocycles. The highest BCUT2D eigenvalue weighted by Gasteiger charge is 2.15. The molecule has 0 saturated carbocycles. The van der Waals surface area contributed by atoms with Crippen LogP contribution in [-0.2, 0) is 0 Å². The Kier molecular flexibility index (Phi) is 7.21. The molecule has 5 heteroatoms. The molecule has 0 heterocycles. The van der Waals surface area contributed by atoms with Crippen molar-refractivity contribution >= 4 is 12.4 Å². The van der Waals surface area contributed by atoms with Gasteiger partial charge in [-0.3, -0.25) is 0 Å². The molecular formula is C11H17ClF2N2. The molecule has 16 heavy (non-hydrogen) atoms. The van der Waals surface area contributed by atoms with Crippen molar-refractivity contribution in [1.29, 1.82) is 0 Å². The second kappa shape index (κ2) is 7.54. The van der Waals surface area contributed by atoms with E-state index in [0.717, 1.165) is 12.8 Å². The van der Waals surface area contributed by atoms with E-state index in [1.165, 1.54) is 18.2 Å². The first-order chi connectivity index (χ1) is 7.16. The molecule has 0 saturated heterocycles. The maximum absolute atomic E-state index is 13.3. The van der Waals surface area contributed by atoms with Gasteiger partial charge in [-0.2, -0.15) is 0 Å². The third-order valence-corrected chi connectivity index (χ3v) is 2.34. The molecule has 0 radical (unpaired) electrons. The maximum Gasteiger partial charge on any atom is 0.130 e. The first-order valence-electron chi connectivity index (χ1n) is 5.06. The van der Waals surface area contributed by atoms with Gasteiger partial charge in [0.1, 0.15) is 11.6 Å². The van der Waals surface area contributed by atoms with Gasteiger partial charge in [-0.05, 0) is 31.5 Å². The largest absolute Gasteiger partial charge is 0.330 e. The van der Waals surface area contributed by atoms with Crippen LogP contribution in [0.25, 0.3) is 0 Å². The van der Waals surface area contributed by atoms with E-state index in [1.54, 1.807) is 0 Å². The second-order valence-electron chi connectivity index (χ2n) is 3.53. The van der Waals surface area contributed by atoms with Gasteiger partial charge in [-0.15, -0.1) is 12.4 Å². The Labute approximate surface area is 100 Å². The normalized spacial score (nSPS) is 12.0. The van der Waals surface area contributed by atoms with Crippen LogP contribution in [0.5, 0.6) is 0 Å². The summed E-state index contributed by atoms with van der Waals surface area (Å²) in [6, 6.07) is 3.20. The van der Waals surface area contributed by atoms with Crippen molar-refractivity contribution in [1.82, 2.24) is 0 Å². The fourth-order valence-electron chi connectivity index (χ4n) is 1.52. The van der Waals surface area contributed by atoms with Crippen molar-refractivity contribution < 1.29 is 8.78 Å². The molecular weight excluding hydrogens is 234 g/mol. The molecule has 0 unspecified atom stereocenters. The third kappa shape index (κ3) is 4.04. The van der Waals surface area contributed by atoms with Gasteiger partial charge >= 0.3 is 0 Å². The smallest absolute Gasteiger partial charge is 0.130 e. The molecule has 0 amide bonds. The molecule has 1 aromatic rings. The Morgan fingerprint density at radius 2 is 1.69 bits per heavy atom. The minimum Gasteiger partial charge on any atom is -0.330 e. The fourth-order valence-corrected chi connectivity index (χ4v) is 1.52. The van der Waals surface area contributed by atoms with E-state index >= 15 is 0 Å². The SMILES string of the molecule is Cl.NCCCC[C@@H](N)c1c(F)cccc1F. The minimum absolute atomic E-state index is 0. The van der Waals surface area contributed by atoms with Crippen molar-refractivity contribution in [2.75, 3.05) is 6.54 Å². The first-order valence-corrected chi connectivity index (χ1v) is 5.06. The van der Waals surface area contributed by atoms with Crippen molar-refractivity contribution in [3.63, 3.8) is 0 Å². The Morgan fingerprint density at radius 1 is 1.12 bits per heavy atom. The number of hydrogen-bond acceptors (Lipinski definition) is 2. The molecule has 92 valence electrons. The Hall–Kier alpha value is -0.710. The highest BCUT2D eigenvalue weighted by molar-refractivity contribution is 5.85. The number of rotatable bonds is 5. The summed E-state index contributed by atoms with van der Waals surface area (Å²) in [5.41, 5.74) is 11.0. The average Bonchev–Trinajstić information content (AvgIpc) is 2.18. The molecule has 0 bridgehead atoms. The van der Waals surface area contributed by atoms with Gasteiger partial charge in [-0.25, -0.2) is 8.78 Å². The van der Waals surface area contributed by atoms with Gasteiger partial charge in [0.05, 0.1) is 0 Å². The summed E-state index contributed by atoms with van der Waals surface area (Å²) in [6.07, 6.45) is 2.16. The third-order valence-electron chi connectivity index (χ3n) is 2.34. The predicted octanol–water partition coefficient (Wildman–Crippen LogP) is 2.52. The lowest BCUT2D eigenvalue weighted by Gasteiger charge is -2.13. The van der Waals surface area contributed by atoms with E-state index in [9.17, 15) is 8.78 Å². The topological polar surface area (TPSA) is 52.0 Å². The summed E-state index contributed by atoms with van der Waals surface area (Å²) in [6.45, 7) is 0.576. The van der Waals surface area contributed by atoms with Crippen molar-refractivity contribution in [2.45, 2.75) is 25.3 Å². The second-order valence-corrected chi connectivity index (χ2v) is 3.53. The quantitative estimate of drug-likeness (QED) is 0.789. The van der Waals surface area contributed by atoms with Crippen LogP contribution in [0, 0.1) is 11.6 Å². The van der Waals surface area contributed by atoms with Crippen LogP contribution in [0.1, 0.15) is 30.9 Å². The van der Waals surface area contributed by atoms with Crippen LogP contribution in [0.15, 0.2) is 18.2 Å². The summed E-state index contributed by atoms with van der Waals surface area (Å²) in [5.74, 6) is -1.15. The number of halogens is 3. The standard InChI is InChI=1S/C11H16F2N2.ClH/c12-8-4-3-5-9(13)11(8)10(15)6-1-2-7-14;/h3-5,10H,1-2,6-7,14-15H2;1H/t10-;/m1./s1.